The normalized spacial score (nSPS) is 21.7. The molecule has 1 atom stereocenters. The predicted molar refractivity (Wildman–Crippen MR) is 82.0 cm³/mol. The fourth-order valence-electron chi connectivity index (χ4n) is 2.97. The molecule has 0 spiro atoms. The minimum atomic E-state index is 0.0959. The van der Waals surface area contributed by atoms with Gasteiger partial charge in [-0.3, -0.25) is 4.79 Å². The van der Waals surface area contributed by atoms with Crippen LogP contribution in [-0.4, -0.2) is 23.9 Å². The molecule has 0 aliphatic heterocycles. The van der Waals surface area contributed by atoms with Crippen LogP contribution < -0.4 is 0 Å². The van der Waals surface area contributed by atoms with Crippen LogP contribution in [0.5, 0.6) is 0 Å². The van der Waals surface area contributed by atoms with Gasteiger partial charge in [-0.1, -0.05) is 45.4 Å². The predicted octanol–water partition coefficient (Wildman–Crippen LogP) is 4.33. The Morgan fingerprint density at radius 1 is 1.32 bits per heavy atom. The Hall–Kier alpha value is -1.05. The van der Waals surface area contributed by atoms with E-state index in [1.54, 1.807) is 5.57 Å². The number of likely N-dealkylation sites (N-methyl/N-ethyl adjacent to an activating group) is 1. The first-order valence-corrected chi connectivity index (χ1v) is 7.76. The summed E-state index contributed by atoms with van der Waals surface area (Å²) in [5.41, 5.74) is 3.02. The Kier molecular flexibility index (Phi) is 6.33. The molecule has 0 aromatic rings. The number of allylic oxidation sites excluding steroid dienone is 2. The summed E-state index contributed by atoms with van der Waals surface area (Å²) in [6, 6.07) is 0.324. The molecule has 2 aliphatic rings. The molecular formula is C17H29NO. The number of carbonyl (C=O) groups is 1. The summed E-state index contributed by atoms with van der Waals surface area (Å²) in [7, 11) is 1.96. The van der Waals surface area contributed by atoms with Gasteiger partial charge in [0.2, 0.25) is 5.91 Å². The average molecular weight is 263 g/mol. The van der Waals surface area contributed by atoms with Crippen molar-refractivity contribution in [3.8, 4) is 0 Å². The van der Waals surface area contributed by atoms with Crippen LogP contribution in [0.25, 0.3) is 0 Å². The third kappa shape index (κ3) is 3.71. The quantitative estimate of drug-likeness (QED) is 0.726. The molecule has 0 saturated heterocycles. The van der Waals surface area contributed by atoms with E-state index in [0.29, 0.717) is 6.04 Å². The first-order chi connectivity index (χ1) is 9.11. The van der Waals surface area contributed by atoms with Crippen molar-refractivity contribution >= 4 is 5.91 Å². The van der Waals surface area contributed by atoms with E-state index < -0.39 is 0 Å². The van der Waals surface area contributed by atoms with Gasteiger partial charge in [0, 0.05) is 13.0 Å². The second kappa shape index (κ2) is 7.52. The van der Waals surface area contributed by atoms with Gasteiger partial charge in [0.1, 0.15) is 0 Å². The Morgan fingerprint density at radius 2 is 2.00 bits per heavy atom. The van der Waals surface area contributed by atoms with Crippen LogP contribution >= 0.6 is 0 Å². The van der Waals surface area contributed by atoms with E-state index in [1.807, 2.05) is 39.6 Å². The van der Waals surface area contributed by atoms with E-state index in [4.69, 9.17) is 0 Å². The molecule has 2 heteroatoms. The van der Waals surface area contributed by atoms with Crippen LogP contribution in [0.1, 0.15) is 59.8 Å². The lowest BCUT2D eigenvalue weighted by atomic mass is 9.82. The maximum atomic E-state index is 12.1. The molecule has 0 N–H and O–H groups in total. The van der Waals surface area contributed by atoms with Gasteiger partial charge in [0.05, 0.1) is 6.04 Å². The summed E-state index contributed by atoms with van der Waals surface area (Å²) in [5.74, 6) is 0.362. The highest BCUT2D eigenvalue weighted by atomic mass is 16.2. The van der Waals surface area contributed by atoms with E-state index in [-0.39, 0.29) is 11.8 Å². The number of carbonyl (C=O) groups excluding carboxylic acids is 1. The number of hydrogen-bond donors (Lipinski definition) is 0. The summed E-state index contributed by atoms with van der Waals surface area (Å²) in [6.07, 6.45) is 10.5. The smallest absolute Gasteiger partial charge is 0.225 e. The van der Waals surface area contributed by atoms with Gasteiger partial charge in [-0.05, 0) is 37.7 Å². The van der Waals surface area contributed by atoms with Gasteiger partial charge in [-0.25, -0.2) is 0 Å². The summed E-state index contributed by atoms with van der Waals surface area (Å²) in [4.78, 5) is 14.1. The lowest BCUT2D eigenvalue weighted by molar-refractivity contribution is -0.134. The summed E-state index contributed by atoms with van der Waals surface area (Å²) in [6.45, 7) is 7.96. The number of amides is 1. The molecule has 0 saturated carbocycles. The van der Waals surface area contributed by atoms with E-state index in [9.17, 15) is 4.79 Å². The van der Waals surface area contributed by atoms with Crippen LogP contribution in [0.2, 0.25) is 0 Å². The zero-order chi connectivity index (χ0) is 14.4. The molecular weight excluding hydrogens is 234 g/mol. The zero-order valence-corrected chi connectivity index (χ0v) is 13.2. The third-order valence-corrected chi connectivity index (χ3v) is 3.94. The average Bonchev–Trinajstić information content (AvgIpc) is 2.47. The zero-order valence-electron chi connectivity index (χ0n) is 13.2. The van der Waals surface area contributed by atoms with E-state index in [0.717, 1.165) is 6.42 Å². The molecule has 2 nitrogen and oxygen atoms in total. The number of hydrogen-bond acceptors (Lipinski definition) is 1. The van der Waals surface area contributed by atoms with Gasteiger partial charge in [-0.15, -0.1) is 0 Å². The van der Waals surface area contributed by atoms with Crippen LogP contribution in [0, 0.1) is 5.92 Å². The Balaban J connectivity index is 0.000000861. The largest absolute Gasteiger partial charge is 0.339 e. The molecule has 0 aromatic heterocycles. The highest BCUT2D eigenvalue weighted by molar-refractivity contribution is 5.78. The minimum absolute atomic E-state index is 0.0959. The number of nitrogens with zero attached hydrogens (tertiary/aromatic N) is 1. The second-order valence-corrected chi connectivity index (χ2v) is 5.51. The fourth-order valence-corrected chi connectivity index (χ4v) is 2.97. The van der Waals surface area contributed by atoms with Crippen molar-refractivity contribution < 1.29 is 4.79 Å². The van der Waals surface area contributed by atoms with Crippen molar-refractivity contribution in [1.29, 1.82) is 0 Å². The van der Waals surface area contributed by atoms with Gasteiger partial charge in [-0.2, -0.15) is 0 Å². The van der Waals surface area contributed by atoms with Crippen molar-refractivity contribution in [2.24, 2.45) is 5.92 Å². The SMILES string of the molecule is CC.CC(C)C(=O)N(C)C1CCCC2=C1C=CCC2. The van der Waals surface area contributed by atoms with Crippen LogP contribution in [0.15, 0.2) is 23.3 Å². The van der Waals surface area contributed by atoms with E-state index in [1.165, 1.54) is 31.3 Å². The maximum absolute atomic E-state index is 12.1. The maximum Gasteiger partial charge on any atom is 0.225 e. The van der Waals surface area contributed by atoms with Crippen LogP contribution in [-0.2, 0) is 4.79 Å². The summed E-state index contributed by atoms with van der Waals surface area (Å²) < 4.78 is 0. The molecule has 0 bridgehead atoms. The molecule has 19 heavy (non-hydrogen) atoms. The molecule has 0 radical (unpaired) electrons. The number of rotatable bonds is 2. The molecule has 1 amide bonds. The standard InChI is InChI=1S/C15H23NO.C2H6/c1-11(2)15(17)16(3)14-10-6-8-12-7-4-5-9-13(12)14;1-2/h5,9,11,14H,4,6-8,10H2,1-3H3;1-2H3. The summed E-state index contributed by atoms with van der Waals surface area (Å²) >= 11 is 0. The third-order valence-electron chi connectivity index (χ3n) is 3.94. The van der Waals surface area contributed by atoms with E-state index >= 15 is 0 Å². The van der Waals surface area contributed by atoms with Crippen molar-refractivity contribution in [1.82, 2.24) is 4.90 Å². The first kappa shape index (κ1) is 16.0. The van der Waals surface area contributed by atoms with E-state index in [2.05, 4.69) is 12.2 Å². The fraction of sp³-hybridized carbons (Fsp3) is 0.706. The molecule has 0 heterocycles. The minimum Gasteiger partial charge on any atom is -0.339 e. The Morgan fingerprint density at radius 3 is 2.63 bits per heavy atom. The van der Waals surface area contributed by atoms with Gasteiger partial charge >= 0.3 is 0 Å². The molecule has 108 valence electrons. The van der Waals surface area contributed by atoms with Gasteiger partial charge in [0.15, 0.2) is 0 Å². The highest BCUT2D eigenvalue weighted by Gasteiger charge is 2.29. The van der Waals surface area contributed by atoms with Crippen molar-refractivity contribution in [3.05, 3.63) is 23.3 Å². The van der Waals surface area contributed by atoms with Crippen molar-refractivity contribution in [3.63, 3.8) is 0 Å². The van der Waals surface area contributed by atoms with Crippen molar-refractivity contribution in [2.45, 2.75) is 65.8 Å². The lowest BCUT2D eigenvalue weighted by Crippen LogP contribution is -2.42. The highest BCUT2D eigenvalue weighted by Crippen LogP contribution is 2.34. The molecule has 1 unspecified atom stereocenters. The first-order valence-electron chi connectivity index (χ1n) is 7.76. The van der Waals surface area contributed by atoms with Gasteiger partial charge < -0.3 is 4.90 Å². The molecule has 2 rings (SSSR count). The summed E-state index contributed by atoms with van der Waals surface area (Å²) in [5, 5.41) is 0. The lowest BCUT2D eigenvalue weighted by Gasteiger charge is -2.36. The molecule has 0 aromatic carbocycles. The molecule has 2 aliphatic carbocycles. The topological polar surface area (TPSA) is 20.3 Å². The molecule has 0 fully saturated rings. The second-order valence-electron chi connectivity index (χ2n) is 5.51. The van der Waals surface area contributed by atoms with Crippen LogP contribution in [0.4, 0.5) is 0 Å². The monoisotopic (exact) mass is 263 g/mol. The van der Waals surface area contributed by atoms with Gasteiger partial charge in [0.25, 0.3) is 0 Å². The van der Waals surface area contributed by atoms with Crippen molar-refractivity contribution in [2.75, 3.05) is 7.05 Å². The Labute approximate surface area is 118 Å². The Bertz CT molecular complexity index is 365. The van der Waals surface area contributed by atoms with Crippen LogP contribution in [0.3, 0.4) is 0 Å².